The maximum Gasteiger partial charge on any atom is 0.147 e. The second-order valence-corrected chi connectivity index (χ2v) is 6.74. The molecule has 1 aliphatic rings. The molecule has 0 aromatic carbocycles. The van der Waals surface area contributed by atoms with Crippen molar-refractivity contribution in [3.63, 3.8) is 0 Å². The summed E-state index contributed by atoms with van der Waals surface area (Å²) in [5.41, 5.74) is 5.55. The summed E-state index contributed by atoms with van der Waals surface area (Å²) in [6, 6.07) is 4.30. The Morgan fingerprint density at radius 3 is 2.67 bits per heavy atom. The number of aliphatic hydroxyl groups is 1. The number of nitrogens with one attached hydrogen (secondary N) is 1. The highest BCUT2D eigenvalue weighted by atomic mass is 16.3. The van der Waals surface area contributed by atoms with Gasteiger partial charge in [0.25, 0.3) is 0 Å². The van der Waals surface area contributed by atoms with E-state index in [9.17, 15) is 10.4 Å². The van der Waals surface area contributed by atoms with Gasteiger partial charge in [0.1, 0.15) is 11.9 Å². The predicted octanol–water partition coefficient (Wildman–Crippen LogP) is 1.95. The minimum Gasteiger partial charge on any atom is -0.391 e. The second-order valence-electron chi connectivity index (χ2n) is 6.74. The standard InChI is InChI=1S/C18H23N5O/c1-10-5-15(22-21-10)6-14-8-23(9-17(14)24)18-16(7-19)12(3)11(2)13(4)20-18/h5,14,17,24H,6,8-9H2,1-4H3,(H,21,22)/t14-,17-/m1/s1. The zero-order valence-electron chi connectivity index (χ0n) is 14.6. The van der Waals surface area contributed by atoms with Crippen LogP contribution in [0.4, 0.5) is 5.82 Å². The van der Waals surface area contributed by atoms with Crippen molar-refractivity contribution in [2.45, 2.75) is 40.2 Å². The molecule has 1 fully saturated rings. The normalized spacial score (nSPS) is 20.4. The fourth-order valence-electron chi connectivity index (χ4n) is 3.36. The van der Waals surface area contributed by atoms with Gasteiger partial charge in [-0.05, 0) is 51.3 Å². The Labute approximate surface area is 142 Å². The number of pyridine rings is 1. The number of rotatable bonds is 3. The third kappa shape index (κ3) is 2.87. The van der Waals surface area contributed by atoms with Gasteiger partial charge in [0.05, 0.1) is 17.4 Å². The number of aryl methyl sites for hydroxylation is 2. The van der Waals surface area contributed by atoms with Crippen LogP contribution >= 0.6 is 0 Å². The SMILES string of the molecule is Cc1cc(C[C@@H]2CN(c3nc(C)c(C)c(C)c3C#N)C[C@H]2O)n[nH]1. The minimum atomic E-state index is -0.447. The Kier molecular flexibility index (Phi) is 4.29. The van der Waals surface area contributed by atoms with E-state index >= 15 is 0 Å². The van der Waals surface area contributed by atoms with Crippen LogP contribution in [0, 0.1) is 44.9 Å². The van der Waals surface area contributed by atoms with Gasteiger partial charge in [0.15, 0.2) is 0 Å². The zero-order valence-corrected chi connectivity index (χ0v) is 14.6. The van der Waals surface area contributed by atoms with Crippen molar-refractivity contribution in [1.82, 2.24) is 15.2 Å². The number of aromatic nitrogens is 3. The first-order valence-electron chi connectivity index (χ1n) is 8.22. The highest BCUT2D eigenvalue weighted by Crippen LogP contribution is 2.30. The fourth-order valence-corrected chi connectivity index (χ4v) is 3.36. The van der Waals surface area contributed by atoms with Crippen LogP contribution < -0.4 is 4.90 Å². The number of hydrogen-bond donors (Lipinski definition) is 2. The Morgan fingerprint density at radius 1 is 1.29 bits per heavy atom. The first kappa shape index (κ1) is 16.5. The van der Waals surface area contributed by atoms with Gasteiger partial charge in [0, 0.05) is 30.4 Å². The molecule has 6 heteroatoms. The largest absolute Gasteiger partial charge is 0.391 e. The molecule has 6 nitrogen and oxygen atoms in total. The molecule has 0 saturated carbocycles. The van der Waals surface area contributed by atoms with E-state index in [0.29, 0.717) is 30.9 Å². The molecule has 0 spiro atoms. The molecule has 2 N–H and O–H groups in total. The lowest BCUT2D eigenvalue weighted by Gasteiger charge is -2.21. The van der Waals surface area contributed by atoms with E-state index in [4.69, 9.17) is 0 Å². The molecule has 2 aromatic heterocycles. The maximum absolute atomic E-state index is 10.5. The molecule has 3 heterocycles. The van der Waals surface area contributed by atoms with E-state index < -0.39 is 6.10 Å². The Bertz CT molecular complexity index is 804. The van der Waals surface area contributed by atoms with Crippen molar-refractivity contribution in [3.05, 3.63) is 39.8 Å². The topological polar surface area (TPSA) is 88.8 Å². The molecule has 2 atom stereocenters. The van der Waals surface area contributed by atoms with Crippen molar-refractivity contribution in [2.75, 3.05) is 18.0 Å². The Hall–Kier alpha value is -2.39. The summed E-state index contributed by atoms with van der Waals surface area (Å²) in [4.78, 5) is 6.67. The summed E-state index contributed by atoms with van der Waals surface area (Å²) in [6.07, 6.45) is 0.269. The Balaban J connectivity index is 1.86. The number of β-amino-alcohol motifs (C(OH)–C–C–N with tert-alkyl or cyclic N) is 1. The molecule has 0 aliphatic carbocycles. The van der Waals surface area contributed by atoms with Crippen LogP contribution in [0.25, 0.3) is 0 Å². The van der Waals surface area contributed by atoms with Gasteiger partial charge in [-0.15, -0.1) is 0 Å². The van der Waals surface area contributed by atoms with Crippen molar-refractivity contribution in [1.29, 1.82) is 5.26 Å². The molecule has 1 saturated heterocycles. The van der Waals surface area contributed by atoms with E-state index in [0.717, 1.165) is 28.2 Å². The molecule has 0 unspecified atom stereocenters. The number of nitriles is 1. The van der Waals surface area contributed by atoms with Gasteiger partial charge in [0.2, 0.25) is 0 Å². The lowest BCUT2D eigenvalue weighted by atomic mass is 10.00. The van der Waals surface area contributed by atoms with Crippen LogP contribution in [0.2, 0.25) is 0 Å². The number of nitrogens with zero attached hydrogens (tertiary/aromatic N) is 4. The minimum absolute atomic E-state index is 0.0861. The lowest BCUT2D eigenvalue weighted by molar-refractivity contribution is 0.148. The monoisotopic (exact) mass is 325 g/mol. The van der Waals surface area contributed by atoms with Gasteiger partial charge < -0.3 is 10.0 Å². The highest BCUT2D eigenvalue weighted by Gasteiger charge is 2.34. The molecule has 126 valence electrons. The van der Waals surface area contributed by atoms with Crippen LogP contribution in [-0.2, 0) is 6.42 Å². The summed E-state index contributed by atoms with van der Waals surface area (Å²) >= 11 is 0. The third-order valence-electron chi connectivity index (χ3n) is 5.03. The molecule has 2 aromatic rings. The lowest BCUT2D eigenvalue weighted by Crippen LogP contribution is -2.24. The number of anilines is 1. The van der Waals surface area contributed by atoms with Crippen LogP contribution in [-0.4, -0.2) is 39.5 Å². The number of aromatic amines is 1. The Morgan fingerprint density at radius 2 is 2.04 bits per heavy atom. The van der Waals surface area contributed by atoms with Crippen molar-refractivity contribution in [2.24, 2.45) is 5.92 Å². The molecule has 0 amide bonds. The van der Waals surface area contributed by atoms with Crippen LogP contribution in [0.3, 0.4) is 0 Å². The van der Waals surface area contributed by atoms with Gasteiger partial charge in [-0.25, -0.2) is 4.98 Å². The summed E-state index contributed by atoms with van der Waals surface area (Å²) < 4.78 is 0. The van der Waals surface area contributed by atoms with Crippen molar-refractivity contribution < 1.29 is 5.11 Å². The van der Waals surface area contributed by atoms with E-state index in [1.54, 1.807) is 0 Å². The van der Waals surface area contributed by atoms with Gasteiger partial charge in [-0.2, -0.15) is 10.4 Å². The van der Waals surface area contributed by atoms with Crippen molar-refractivity contribution >= 4 is 5.82 Å². The van der Waals surface area contributed by atoms with Crippen LogP contribution in [0.1, 0.15) is 33.8 Å². The molecular weight excluding hydrogens is 302 g/mol. The van der Waals surface area contributed by atoms with Crippen molar-refractivity contribution in [3.8, 4) is 6.07 Å². The molecule has 24 heavy (non-hydrogen) atoms. The predicted molar refractivity (Wildman–Crippen MR) is 91.9 cm³/mol. The molecule has 0 bridgehead atoms. The van der Waals surface area contributed by atoms with E-state index in [1.807, 2.05) is 38.7 Å². The first-order valence-corrected chi connectivity index (χ1v) is 8.22. The average Bonchev–Trinajstić information content (AvgIpc) is 3.11. The number of H-pyrrole nitrogens is 1. The van der Waals surface area contributed by atoms with Gasteiger partial charge in [-0.1, -0.05) is 0 Å². The first-order chi connectivity index (χ1) is 11.4. The second kappa shape index (κ2) is 6.25. The van der Waals surface area contributed by atoms with E-state index in [2.05, 4.69) is 21.3 Å². The third-order valence-corrected chi connectivity index (χ3v) is 5.03. The molecule has 0 radical (unpaired) electrons. The number of aliphatic hydroxyl groups excluding tert-OH is 1. The quantitative estimate of drug-likeness (QED) is 0.900. The summed E-state index contributed by atoms with van der Waals surface area (Å²) in [7, 11) is 0. The van der Waals surface area contributed by atoms with Gasteiger partial charge in [-0.3, -0.25) is 5.10 Å². The maximum atomic E-state index is 10.5. The molecule has 1 aliphatic heterocycles. The van der Waals surface area contributed by atoms with Crippen LogP contribution in [0.15, 0.2) is 6.07 Å². The summed E-state index contributed by atoms with van der Waals surface area (Å²) in [5.74, 6) is 0.779. The summed E-state index contributed by atoms with van der Waals surface area (Å²) in [5, 5.41) is 27.2. The van der Waals surface area contributed by atoms with Gasteiger partial charge >= 0.3 is 0 Å². The average molecular weight is 325 g/mol. The molecular formula is C18H23N5O. The van der Waals surface area contributed by atoms with Crippen LogP contribution in [0.5, 0.6) is 0 Å². The number of hydrogen-bond acceptors (Lipinski definition) is 5. The fraction of sp³-hybridized carbons (Fsp3) is 0.500. The zero-order chi connectivity index (χ0) is 17.4. The highest BCUT2D eigenvalue weighted by molar-refractivity contribution is 5.61. The van der Waals surface area contributed by atoms with E-state index in [-0.39, 0.29) is 5.92 Å². The molecule has 3 rings (SSSR count). The summed E-state index contributed by atoms with van der Waals surface area (Å²) in [6.45, 7) is 9.05. The smallest absolute Gasteiger partial charge is 0.147 e. The van der Waals surface area contributed by atoms with E-state index in [1.165, 1.54) is 0 Å².